The van der Waals surface area contributed by atoms with Gasteiger partial charge in [-0.15, -0.1) is 0 Å². The molecule has 0 spiro atoms. The second kappa shape index (κ2) is 9.56. The Hall–Kier alpha value is -3.13. The number of ether oxygens (including phenoxy) is 2. The molecule has 3 heterocycles. The molecule has 0 radical (unpaired) electrons. The molecule has 1 aromatic carbocycles. The van der Waals surface area contributed by atoms with E-state index in [9.17, 15) is 4.79 Å². The number of carbonyl (C=O) groups excluding carboxylic acids is 1. The van der Waals surface area contributed by atoms with E-state index >= 15 is 0 Å². The first-order chi connectivity index (χ1) is 15.5. The Kier molecular flexibility index (Phi) is 6.60. The van der Waals surface area contributed by atoms with Crippen LogP contribution in [0.3, 0.4) is 0 Å². The number of benzene rings is 1. The smallest absolute Gasteiger partial charge is 0.252 e. The number of rotatable bonds is 8. The number of carbonyl (C=O) groups is 1. The quantitative estimate of drug-likeness (QED) is 0.581. The lowest BCUT2D eigenvalue weighted by atomic mass is 10.1. The van der Waals surface area contributed by atoms with Crippen molar-refractivity contribution in [2.45, 2.75) is 33.7 Å². The zero-order chi connectivity index (χ0) is 22.7. The van der Waals surface area contributed by atoms with Crippen molar-refractivity contribution in [1.29, 1.82) is 0 Å². The van der Waals surface area contributed by atoms with Crippen molar-refractivity contribution in [2.75, 3.05) is 39.4 Å². The molecule has 0 saturated heterocycles. The normalized spacial score (nSPS) is 13.2. The lowest BCUT2D eigenvalue weighted by molar-refractivity contribution is 0.0950. The number of nitrogens with one attached hydrogen (secondary N) is 1. The maximum absolute atomic E-state index is 13.2. The molecule has 0 bridgehead atoms. The van der Waals surface area contributed by atoms with Crippen molar-refractivity contribution in [2.24, 2.45) is 0 Å². The van der Waals surface area contributed by atoms with Crippen molar-refractivity contribution in [3.05, 3.63) is 36.0 Å². The molecule has 0 saturated carbocycles. The van der Waals surface area contributed by atoms with Gasteiger partial charge in [0.15, 0.2) is 17.1 Å². The van der Waals surface area contributed by atoms with Gasteiger partial charge in [0, 0.05) is 24.7 Å². The van der Waals surface area contributed by atoms with Gasteiger partial charge < -0.3 is 19.7 Å². The fraction of sp³-hybridized carbons (Fsp3) is 0.458. The second-order valence-electron chi connectivity index (χ2n) is 8.12. The third kappa shape index (κ3) is 4.41. The number of hydrogen-bond acceptors (Lipinski definition) is 6. The molecule has 0 fully saturated rings. The summed E-state index contributed by atoms with van der Waals surface area (Å²) in [4.78, 5) is 20.3. The molecule has 1 amide bonds. The Labute approximate surface area is 188 Å². The van der Waals surface area contributed by atoms with Gasteiger partial charge in [0.1, 0.15) is 13.2 Å². The molecule has 3 aromatic rings. The third-order valence-electron chi connectivity index (χ3n) is 5.75. The van der Waals surface area contributed by atoms with Crippen LogP contribution in [0.25, 0.3) is 22.3 Å². The van der Waals surface area contributed by atoms with E-state index in [0.717, 1.165) is 36.3 Å². The van der Waals surface area contributed by atoms with E-state index in [4.69, 9.17) is 14.5 Å². The molecule has 32 heavy (non-hydrogen) atoms. The van der Waals surface area contributed by atoms with Gasteiger partial charge in [-0.3, -0.25) is 4.79 Å². The summed E-state index contributed by atoms with van der Waals surface area (Å²) in [6.07, 6.45) is 1.73. The van der Waals surface area contributed by atoms with Crippen LogP contribution in [0.4, 0.5) is 0 Å². The first-order valence-electron chi connectivity index (χ1n) is 11.3. The molecule has 1 N–H and O–H groups in total. The first kappa shape index (κ1) is 22.1. The second-order valence-corrected chi connectivity index (χ2v) is 8.12. The van der Waals surface area contributed by atoms with E-state index in [-0.39, 0.29) is 11.9 Å². The molecular formula is C24H31N5O3. The zero-order valence-corrected chi connectivity index (χ0v) is 19.2. The minimum Gasteiger partial charge on any atom is -0.486 e. The lowest BCUT2D eigenvalue weighted by Gasteiger charge is -2.19. The van der Waals surface area contributed by atoms with E-state index in [1.54, 1.807) is 6.20 Å². The Morgan fingerprint density at radius 1 is 1.16 bits per heavy atom. The summed E-state index contributed by atoms with van der Waals surface area (Å²) in [5.41, 5.74) is 2.84. The van der Waals surface area contributed by atoms with Crippen molar-refractivity contribution in [3.8, 4) is 22.8 Å². The van der Waals surface area contributed by atoms with Crippen molar-refractivity contribution < 1.29 is 14.3 Å². The maximum Gasteiger partial charge on any atom is 0.252 e. The average molecular weight is 438 g/mol. The van der Waals surface area contributed by atoms with Crippen molar-refractivity contribution in [1.82, 2.24) is 25.0 Å². The van der Waals surface area contributed by atoms with E-state index in [0.29, 0.717) is 42.4 Å². The topological polar surface area (TPSA) is 81.5 Å². The highest BCUT2D eigenvalue weighted by atomic mass is 16.6. The minimum atomic E-state index is -0.119. The summed E-state index contributed by atoms with van der Waals surface area (Å²) in [5.74, 6) is 1.30. The van der Waals surface area contributed by atoms with Gasteiger partial charge >= 0.3 is 0 Å². The van der Waals surface area contributed by atoms with Crippen LogP contribution in [-0.4, -0.2) is 65.0 Å². The number of nitrogens with zero attached hydrogens (tertiary/aromatic N) is 4. The predicted molar refractivity (Wildman–Crippen MR) is 124 cm³/mol. The fourth-order valence-corrected chi connectivity index (χ4v) is 3.90. The van der Waals surface area contributed by atoms with E-state index in [2.05, 4.69) is 43.0 Å². The zero-order valence-electron chi connectivity index (χ0n) is 19.2. The summed E-state index contributed by atoms with van der Waals surface area (Å²) >= 11 is 0. The lowest BCUT2D eigenvalue weighted by Crippen LogP contribution is -2.34. The molecule has 0 atom stereocenters. The van der Waals surface area contributed by atoms with Crippen LogP contribution in [0.2, 0.25) is 0 Å². The molecular weight excluding hydrogens is 406 g/mol. The van der Waals surface area contributed by atoms with Crippen molar-refractivity contribution in [3.63, 3.8) is 0 Å². The number of fused-ring (bicyclic) bond motifs is 2. The van der Waals surface area contributed by atoms with E-state index < -0.39 is 0 Å². The number of hydrogen-bond donors (Lipinski definition) is 1. The van der Waals surface area contributed by atoms with Crippen LogP contribution in [0.5, 0.6) is 11.5 Å². The molecule has 4 rings (SSSR count). The number of pyridine rings is 1. The monoisotopic (exact) mass is 437 g/mol. The Bertz CT molecular complexity index is 1100. The molecule has 170 valence electrons. The van der Waals surface area contributed by atoms with E-state index in [1.807, 2.05) is 28.9 Å². The van der Waals surface area contributed by atoms with Crippen LogP contribution < -0.4 is 14.8 Å². The summed E-state index contributed by atoms with van der Waals surface area (Å²) in [6, 6.07) is 7.71. The van der Waals surface area contributed by atoms with Gasteiger partial charge in [0.05, 0.1) is 22.8 Å². The van der Waals surface area contributed by atoms with Crippen molar-refractivity contribution >= 4 is 16.9 Å². The molecule has 0 unspecified atom stereocenters. The highest BCUT2D eigenvalue weighted by Crippen LogP contribution is 2.35. The van der Waals surface area contributed by atoms with Crippen LogP contribution in [0.1, 0.15) is 44.1 Å². The van der Waals surface area contributed by atoms with Gasteiger partial charge in [-0.05, 0) is 51.2 Å². The number of aromatic nitrogens is 3. The fourth-order valence-electron chi connectivity index (χ4n) is 3.90. The molecule has 1 aliphatic heterocycles. The van der Waals surface area contributed by atoms with Gasteiger partial charge in [-0.25, -0.2) is 9.67 Å². The summed E-state index contributed by atoms with van der Waals surface area (Å²) < 4.78 is 13.2. The third-order valence-corrected chi connectivity index (χ3v) is 5.75. The molecule has 8 heteroatoms. The molecule has 0 aliphatic carbocycles. The number of likely N-dealkylation sites (N-methyl/N-ethyl adjacent to an activating group) is 1. The maximum atomic E-state index is 13.2. The highest BCUT2D eigenvalue weighted by molar-refractivity contribution is 6.06. The molecule has 2 aromatic heterocycles. The Morgan fingerprint density at radius 2 is 1.91 bits per heavy atom. The standard InChI is InChI=1S/C24H31N5O3/c1-5-28(6-2)10-9-25-24(30)18-14-20(27-23-19(18)15-26-29(23)16(3)4)17-7-8-21-22(13-17)32-12-11-31-21/h7-8,13-16H,5-6,9-12H2,1-4H3,(H,25,30). The van der Waals surface area contributed by atoms with Gasteiger partial charge in [0.2, 0.25) is 0 Å². The first-order valence-corrected chi connectivity index (χ1v) is 11.3. The molecule has 8 nitrogen and oxygen atoms in total. The number of amides is 1. The van der Waals surface area contributed by atoms with Crippen LogP contribution >= 0.6 is 0 Å². The van der Waals surface area contributed by atoms with Crippen LogP contribution in [0.15, 0.2) is 30.5 Å². The summed E-state index contributed by atoms with van der Waals surface area (Å²) in [6.45, 7) is 12.7. The largest absolute Gasteiger partial charge is 0.486 e. The highest BCUT2D eigenvalue weighted by Gasteiger charge is 2.20. The van der Waals surface area contributed by atoms with Gasteiger partial charge in [0.25, 0.3) is 5.91 Å². The molecule has 1 aliphatic rings. The van der Waals surface area contributed by atoms with Crippen LogP contribution in [0, 0.1) is 0 Å². The minimum absolute atomic E-state index is 0.119. The summed E-state index contributed by atoms with van der Waals surface area (Å²) in [7, 11) is 0. The average Bonchev–Trinajstić information content (AvgIpc) is 3.25. The Morgan fingerprint density at radius 3 is 2.62 bits per heavy atom. The SMILES string of the molecule is CCN(CC)CCNC(=O)c1cc(-c2ccc3c(c2)OCCO3)nc2c1cnn2C(C)C. The Balaban J connectivity index is 1.71. The summed E-state index contributed by atoms with van der Waals surface area (Å²) in [5, 5.41) is 8.32. The van der Waals surface area contributed by atoms with Gasteiger partial charge in [-0.2, -0.15) is 5.10 Å². The predicted octanol–water partition coefficient (Wildman–Crippen LogP) is 3.52. The van der Waals surface area contributed by atoms with Gasteiger partial charge in [-0.1, -0.05) is 13.8 Å². The van der Waals surface area contributed by atoms with E-state index in [1.165, 1.54) is 0 Å². The van der Waals surface area contributed by atoms with Crippen LogP contribution in [-0.2, 0) is 0 Å².